The maximum Gasteiger partial charge on any atom is 0.264 e. The van der Waals surface area contributed by atoms with E-state index in [1.54, 1.807) is 23.5 Å². The van der Waals surface area contributed by atoms with Crippen LogP contribution in [0.1, 0.15) is 28.9 Å². The standard InChI is InChI=1S/C22H18F4N4O/c1-12-7-17(21(25)26)18(10-27-12)15-5-3-14(30-11-28-29-22(15)30)4-6-16-19(24)8-13(23)9-20(16)31-2/h3,5,7-11,21H,4,6H2,1-2H3. The minimum absolute atomic E-state index is 0.126. The summed E-state index contributed by atoms with van der Waals surface area (Å²) in [6.45, 7) is 1.65. The van der Waals surface area contributed by atoms with Gasteiger partial charge in [-0.1, -0.05) is 0 Å². The summed E-state index contributed by atoms with van der Waals surface area (Å²) in [6.07, 6.45) is 0.793. The summed E-state index contributed by atoms with van der Waals surface area (Å²) in [6, 6.07) is 6.71. The summed E-state index contributed by atoms with van der Waals surface area (Å²) in [5.74, 6) is -1.28. The number of aromatic nitrogens is 4. The number of methoxy groups -OCH3 is 1. The number of rotatable bonds is 6. The van der Waals surface area contributed by atoms with Crippen LogP contribution in [-0.4, -0.2) is 26.7 Å². The molecule has 0 spiro atoms. The fourth-order valence-corrected chi connectivity index (χ4v) is 3.62. The molecule has 5 nitrogen and oxygen atoms in total. The van der Waals surface area contributed by atoms with Gasteiger partial charge in [-0.05, 0) is 38.0 Å². The lowest BCUT2D eigenvalue weighted by Crippen LogP contribution is -2.04. The van der Waals surface area contributed by atoms with Crippen molar-refractivity contribution < 1.29 is 22.3 Å². The van der Waals surface area contributed by atoms with Gasteiger partial charge in [0.05, 0.1) is 7.11 Å². The molecule has 0 radical (unpaired) electrons. The van der Waals surface area contributed by atoms with Crippen LogP contribution < -0.4 is 4.74 Å². The van der Waals surface area contributed by atoms with Crippen LogP contribution >= 0.6 is 0 Å². The van der Waals surface area contributed by atoms with Gasteiger partial charge in [0.2, 0.25) is 0 Å². The number of ether oxygens (including phenoxy) is 1. The lowest BCUT2D eigenvalue weighted by Gasteiger charge is -2.13. The number of hydrogen-bond donors (Lipinski definition) is 0. The van der Waals surface area contributed by atoms with Crippen molar-refractivity contribution in [1.82, 2.24) is 19.6 Å². The Hall–Kier alpha value is -3.49. The van der Waals surface area contributed by atoms with Crippen molar-refractivity contribution in [2.24, 2.45) is 0 Å². The molecule has 9 heteroatoms. The predicted octanol–water partition coefficient (Wildman–Crippen LogP) is 5.11. The topological polar surface area (TPSA) is 52.3 Å². The van der Waals surface area contributed by atoms with E-state index in [2.05, 4.69) is 15.2 Å². The van der Waals surface area contributed by atoms with E-state index in [0.717, 1.165) is 17.8 Å². The van der Waals surface area contributed by atoms with Crippen molar-refractivity contribution in [1.29, 1.82) is 0 Å². The monoisotopic (exact) mass is 430 g/mol. The fraction of sp³-hybridized carbons (Fsp3) is 0.227. The molecule has 0 aliphatic heterocycles. The summed E-state index contributed by atoms with van der Waals surface area (Å²) < 4.78 is 61.7. The first-order chi connectivity index (χ1) is 14.9. The van der Waals surface area contributed by atoms with Gasteiger partial charge in [0.25, 0.3) is 6.43 Å². The Balaban J connectivity index is 1.72. The van der Waals surface area contributed by atoms with Crippen molar-refractivity contribution in [2.45, 2.75) is 26.2 Å². The van der Waals surface area contributed by atoms with E-state index >= 15 is 0 Å². The quantitative estimate of drug-likeness (QED) is 0.399. The zero-order chi connectivity index (χ0) is 22.1. The highest BCUT2D eigenvalue weighted by Gasteiger charge is 2.19. The number of aryl methyl sites for hydroxylation is 2. The molecule has 0 saturated heterocycles. The Morgan fingerprint density at radius 1 is 1.06 bits per heavy atom. The Morgan fingerprint density at radius 3 is 2.61 bits per heavy atom. The number of halogens is 4. The van der Waals surface area contributed by atoms with E-state index in [1.807, 2.05) is 0 Å². The van der Waals surface area contributed by atoms with E-state index in [0.29, 0.717) is 23.3 Å². The molecular weight excluding hydrogens is 412 g/mol. The molecule has 0 saturated carbocycles. The maximum absolute atomic E-state index is 14.3. The van der Waals surface area contributed by atoms with E-state index < -0.39 is 18.1 Å². The third kappa shape index (κ3) is 3.95. The van der Waals surface area contributed by atoms with Crippen LogP contribution in [0.5, 0.6) is 5.75 Å². The highest BCUT2D eigenvalue weighted by Crippen LogP contribution is 2.33. The summed E-state index contributed by atoms with van der Waals surface area (Å²) in [5, 5.41) is 8.00. The molecule has 0 aliphatic rings. The number of hydrogen-bond acceptors (Lipinski definition) is 4. The van der Waals surface area contributed by atoms with Crippen LogP contribution in [0.25, 0.3) is 16.8 Å². The molecule has 4 aromatic rings. The molecule has 3 aromatic heterocycles. The van der Waals surface area contributed by atoms with Crippen molar-refractivity contribution in [3.63, 3.8) is 0 Å². The smallest absolute Gasteiger partial charge is 0.264 e. The van der Waals surface area contributed by atoms with Gasteiger partial charge in [-0.2, -0.15) is 0 Å². The van der Waals surface area contributed by atoms with Crippen LogP contribution in [0.3, 0.4) is 0 Å². The predicted molar refractivity (Wildman–Crippen MR) is 106 cm³/mol. The van der Waals surface area contributed by atoms with Gasteiger partial charge in [-0.3, -0.25) is 9.38 Å². The van der Waals surface area contributed by atoms with Gasteiger partial charge in [0.15, 0.2) is 5.65 Å². The molecular formula is C22H18F4N4O. The number of alkyl halides is 2. The molecule has 160 valence electrons. The molecule has 0 bridgehead atoms. The Bertz CT molecular complexity index is 1260. The van der Waals surface area contributed by atoms with E-state index in [1.165, 1.54) is 25.7 Å². The molecule has 0 amide bonds. The largest absolute Gasteiger partial charge is 0.496 e. The summed E-state index contributed by atoms with van der Waals surface area (Å²) in [4.78, 5) is 4.15. The van der Waals surface area contributed by atoms with Crippen LogP contribution in [-0.2, 0) is 12.8 Å². The number of pyridine rings is 2. The fourth-order valence-electron chi connectivity index (χ4n) is 3.62. The Kier molecular flexibility index (Phi) is 5.58. The molecule has 31 heavy (non-hydrogen) atoms. The van der Waals surface area contributed by atoms with Crippen LogP contribution in [0.15, 0.2) is 42.9 Å². The van der Waals surface area contributed by atoms with E-state index in [-0.39, 0.29) is 28.9 Å². The molecule has 0 unspecified atom stereocenters. The normalized spacial score (nSPS) is 11.5. The molecule has 3 heterocycles. The first-order valence-electron chi connectivity index (χ1n) is 9.47. The van der Waals surface area contributed by atoms with Crippen molar-refractivity contribution in [2.75, 3.05) is 7.11 Å². The van der Waals surface area contributed by atoms with Gasteiger partial charge in [0.1, 0.15) is 23.7 Å². The first kappa shape index (κ1) is 20.8. The second kappa shape index (κ2) is 8.33. The summed E-state index contributed by atoms with van der Waals surface area (Å²) >= 11 is 0. The van der Waals surface area contributed by atoms with Crippen LogP contribution in [0.4, 0.5) is 17.6 Å². The Labute approximate surface area is 175 Å². The third-order valence-corrected chi connectivity index (χ3v) is 5.11. The summed E-state index contributed by atoms with van der Waals surface area (Å²) in [7, 11) is 1.35. The number of fused-ring (bicyclic) bond motifs is 1. The highest BCUT2D eigenvalue weighted by molar-refractivity contribution is 5.79. The molecule has 0 atom stereocenters. The number of benzene rings is 1. The van der Waals surface area contributed by atoms with Crippen molar-refractivity contribution >= 4 is 5.65 Å². The van der Waals surface area contributed by atoms with E-state index in [9.17, 15) is 17.6 Å². The SMILES string of the molecule is COc1cc(F)cc(F)c1CCc1ccc(-c2cnc(C)cc2C(F)F)c2nncn12. The van der Waals surface area contributed by atoms with Crippen LogP contribution in [0.2, 0.25) is 0 Å². The second-order valence-corrected chi connectivity index (χ2v) is 7.04. The minimum atomic E-state index is -2.67. The maximum atomic E-state index is 14.3. The zero-order valence-electron chi connectivity index (χ0n) is 16.7. The lowest BCUT2D eigenvalue weighted by atomic mass is 10.0. The second-order valence-electron chi connectivity index (χ2n) is 7.04. The average Bonchev–Trinajstić information content (AvgIpc) is 3.23. The van der Waals surface area contributed by atoms with Gasteiger partial charge < -0.3 is 4.74 Å². The van der Waals surface area contributed by atoms with Crippen molar-refractivity contribution in [3.8, 4) is 16.9 Å². The van der Waals surface area contributed by atoms with E-state index in [4.69, 9.17) is 4.74 Å². The Morgan fingerprint density at radius 2 is 1.87 bits per heavy atom. The van der Waals surface area contributed by atoms with Gasteiger partial charge in [-0.25, -0.2) is 17.6 Å². The third-order valence-electron chi connectivity index (χ3n) is 5.11. The lowest BCUT2D eigenvalue weighted by molar-refractivity contribution is 0.152. The molecule has 0 N–H and O–H groups in total. The minimum Gasteiger partial charge on any atom is -0.496 e. The average molecular weight is 430 g/mol. The molecule has 1 aromatic carbocycles. The first-order valence-corrected chi connectivity index (χ1v) is 9.47. The highest BCUT2D eigenvalue weighted by atomic mass is 19.3. The van der Waals surface area contributed by atoms with Gasteiger partial charge in [0, 0.05) is 52.0 Å². The zero-order valence-corrected chi connectivity index (χ0v) is 16.7. The van der Waals surface area contributed by atoms with Crippen molar-refractivity contribution in [3.05, 3.63) is 77.0 Å². The molecule has 4 rings (SSSR count). The van der Waals surface area contributed by atoms with Gasteiger partial charge >= 0.3 is 0 Å². The number of nitrogens with zero attached hydrogens (tertiary/aromatic N) is 4. The summed E-state index contributed by atoms with van der Waals surface area (Å²) in [5.41, 5.74) is 2.46. The molecule has 0 aliphatic carbocycles. The van der Waals surface area contributed by atoms with Gasteiger partial charge in [-0.15, -0.1) is 10.2 Å². The molecule has 0 fully saturated rings. The van der Waals surface area contributed by atoms with Crippen LogP contribution in [0, 0.1) is 18.6 Å².